The minimum Gasteiger partial charge on any atom is -0.756 e. The number of benzene rings is 3. The molecule has 1 aromatic heterocycles. The quantitative estimate of drug-likeness (QED) is 0.128. The standard InChI is InChI=1S/C33H35N3O13P2/c1-2-19-34-27-18-20-36(33(39)35-27)30-29(48-32(38)25-16-10-5-11-17-25)28(47-31(37)24-14-8-4-9-15-24)26(46-30)22-45-51(42,43)49-50(40,41)44-21-23-12-6-3-7-13-23/h3-18,20,26,28-30H,2,19,21-22H2,1H3,(H,40,41)(H,42,43)(H,34,35,39)/p-2/t26-,28?,29+,30-/m1/s1. The number of esters is 2. The van der Waals surface area contributed by atoms with Crippen molar-refractivity contribution in [2.75, 3.05) is 18.5 Å². The molecule has 51 heavy (non-hydrogen) atoms. The Bertz CT molecular complexity index is 1930. The van der Waals surface area contributed by atoms with E-state index >= 15 is 0 Å². The molecule has 0 bridgehead atoms. The second kappa shape index (κ2) is 17.1. The summed E-state index contributed by atoms with van der Waals surface area (Å²) in [6, 6.07) is 25.0. The van der Waals surface area contributed by atoms with Gasteiger partial charge in [0.1, 0.15) is 11.9 Å². The van der Waals surface area contributed by atoms with Crippen LogP contribution in [-0.2, 0) is 43.3 Å². The third-order valence-corrected chi connectivity index (χ3v) is 9.79. The Morgan fingerprint density at radius 3 is 1.94 bits per heavy atom. The van der Waals surface area contributed by atoms with Gasteiger partial charge in [0, 0.05) is 12.7 Å². The number of carbonyl (C=O) groups excluding carboxylic acids is 2. The van der Waals surface area contributed by atoms with Crippen LogP contribution in [0.4, 0.5) is 5.82 Å². The zero-order chi connectivity index (χ0) is 36.4. The van der Waals surface area contributed by atoms with Gasteiger partial charge in [0.15, 0.2) is 18.4 Å². The molecule has 1 aliphatic heterocycles. The third kappa shape index (κ3) is 10.5. The third-order valence-electron chi connectivity index (χ3n) is 7.28. The zero-order valence-electron chi connectivity index (χ0n) is 27.0. The summed E-state index contributed by atoms with van der Waals surface area (Å²) < 4.78 is 57.5. The van der Waals surface area contributed by atoms with Gasteiger partial charge < -0.3 is 38.4 Å². The fraction of sp³-hybridized carbons (Fsp3) is 0.273. The van der Waals surface area contributed by atoms with Gasteiger partial charge in [-0.2, -0.15) is 4.98 Å². The van der Waals surface area contributed by atoms with Gasteiger partial charge in [0.05, 0.1) is 24.3 Å². The highest BCUT2D eigenvalue weighted by Crippen LogP contribution is 2.56. The van der Waals surface area contributed by atoms with Gasteiger partial charge in [-0.05, 0) is 42.3 Å². The van der Waals surface area contributed by atoms with Gasteiger partial charge in [-0.1, -0.05) is 73.7 Å². The van der Waals surface area contributed by atoms with E-state index < -0.39 is 71.0 Å². The highest BCUT2D eigenvalue weighted by Gasteiger charge is 2.51. The number of carbonyl (C=O) groups is 2. The first-order valence-corrected chi connectivity index (χ1v) is 18.5. The SMILES string of the molecule is CCCNc1ccn([C@@H]2O[C@H](COP(=O)([O-])OP(=O)([O-])OCc3ccccc3)C(OC(=O)c3ccccc3)[C@@H]2OC(=O)c2ccccc2)c(=O)n1. The second-order valence-electron chi connectivity index (χ2n) is 11.0. The van der Waals surface area contributed by atoms with E-state index in [0.29, 0.717) is 12.1 Å². The normalized spacial score (nSPS) is 20.8. The summed E-state index contributed by atoms with van der Waals surface area (Å²) in [5, 5.41) is 2.98. The molecule has 1 saturated heterocycles. The van der Waals surface area contributed by atoms with Crippen molar-refractivity contribution < 1.29 is 56.1 Å². The van der Waals surface area contributed by atoms with Crippen molar-refractivity contribution in [2.24, 2.45) is 0 Å². The molecule has 16 nitrogen and oxygen atoms in total. The van der Waals surface area contributed by atoms with Crippen LogP contribution in [0.3, 0.4) is 0 Å². The summed E-state index contributed by atoms with van der Waals surface area (Å²) in [5.41, 5.74) is -0.244. The largest absolute Gasteiger partial charge is 0.756 e. The Labute approximate surface area is 292 Å². The lowest BCUT2D eigenvalue weighted by molar-refractivity contribution is -0.246. The summed E-state index contributed by atoms with van der Waals surface area (Å²) in [6.45, 7) is 0.914. The number of hydrogen-bond acceptors (Lipinski definition) is 15. The molecular weight excluding hydrogens is 708 g/mol. The number of nitrogens with one attached hydrogen (secondary N) is 1. The lowest BCUT2D eigenvalue weighted by Gasteiger charge is -2.31. The molecule has 5 rings (SSSR count). The van der Waals surface area contributed by atoms with Gasteiger partial charge in [-0.25, -0.2) is 18.7 Å². The number of nitrogens with zero attached hydrogens (tertiary/aromatic N) is 2. The Hall–Kier alpha value is -4.50. The minimum absolute atomic E-state index is 0.0830. The number of anilines is 1. The minimum atomic E-state index is -5.69. The number of rotatable bonds is 16. The molecule has 0 saturated carbocycles. The lowest BCUT2D eigenvalue weighted by Crippen LogP contribution is -2.42. The topological polar surface area (TPSA) is 217 Å². The van der Waals surface area contributed by atoms with E-state index in [0.717, 1.165) is 11.0 Å². The highest BCUT2D eigenvalue weighted by atomic mass is 31.3. The van der Waals surface area contributed by atoms with Gasteiger partial charge >= 0.3 is 17.6 Å². The summed E-state index contributed by atoms with van der Waals surface area (Å²) in [6.07, 6.45) is -4.26. The van der Waals surface area contributed by atoms with Crippen molar-refractivity contribution in [1.29, 1.82) is 0 Å². The van der Waals surface area contributed by atoms with Crippen molar-refractivity contribution in [3.8, 4) is 0 Å². The number of hydrogen-bond donors (Lipinski definition) is 1. The first-order valence-electron chi connectivity index (χ1n) is 15.6. The van der Waals surface area contributed by atoms with Crippen molar-refractivity contribution in [2.45, 2.75) is 44.5 Å². The van der Waals surface area contributed by atoms with E-state index in [9.17, 15) is 33.3 Å². The Morgan fingerprint density at radius 1 is 0.824 bits per heavy atom. The Balaban J connectivity index is 1.43. The van der Waals surface area contributed by atoms with Gasteiger partial charge in [0.2, 0.25) is 0 Å². The zero-order valence-corrected chi connectivity index (χ0v) is 28.8. The second-order valence-corrected chi connectivity index (χ2v) is 14.0. The van der Waals surface area contributed by atoms with Crippen LogP contribution >= 0.6 is 15.6 Å². The van der Waals surface area contributed by atoms with E-state index in [1.807, 2.05) is 6.92 Å². The number of aromatic nitrogens is 2. The van der Waals surface area contributed by atoms with Crippen molar-refractivity contribution in [1.82, 2.24) is 9.55 Å². The van der Waals surface area contributed by atoms with Gasteiger partial charge in [-0.15, -0.1) is 0 Å². The molecule has 2 heterocycles. The van der Waals surface area contributed by atoms with Gasteiger partial charge in [-0.3, -0.25) is 13.7 Å². The number of phosphoric ester groups is 2. The summed E-state index contributed by atoms with van der Waals surface area (Å²) >= 11 is 0. The number of ether oxygens (including phenoxy) is 3. The molecule has 4 aromatic rings. The van der Waals surface area contributed by atoms with Crippen molar-refractivity contribution >= 4 is 33.4 Å². The van der Waals surface area contributed by atoms with Crippen LogP contribution in [0.5, 0.6) is 0 Å². The van der Waals surface area contributed by atoms with Gasteiger partial charge in [0.25, 0.3) is 15.6 Å². The molecule has 18 heteroatoms. The van der Waals surface area contributed by atoms with E-state index in [4.69, 9.17) is 18.7 Å². The summed E-state index contributed by atoms with van der Waals surface area (Å²) in [7, 11) is -11.2. The maximum Gasteiger partial charge on any atom is 0.351 e. The van der Waals surface area contributed by atoms with Crippen LogP contribution in [0, 0.1) is 0 Å². The molecule has 1 aliphatic rings. The van der Waals surface area contributed by atoms with Crippen LogP contribution in [0.2, 0.25) is 0 Å². The predicted molar refractivity (Wildman–Crippen MR) is 176 cm³/mol. The summed E-state index contributed by atoms with van der Waals surface area (Å²) in [4.78, 5) is 69.0. The molecule has 0 radical (unpaired) electrons. The van der Waals surface area contributed by atoms with Crippen LogP contribution < -0.4 is 20.8 Å². The maximum atomic E-state index is 13.3. The maximum absolute atomic E-state index is 13.3. The fourth-order valence-electron chi connectivity index (χ4n) is 4.89. The molecule has 0 spiro atoms. The summed E-state index contributed by atoms with van der Waals surface area (Å²) in [5.74, 6) is -1.55. The fourth-order valence-corrected chi connectivity index (χ4v) is 6.88. The monoisotopic (exact) mass is 741 g/mol. The first-order chi connectivity index (χ1) is 24.4. The van der Waals surface area contributed by atoms with Crippen LogP contribution in [0.25, 0.3) is 0 Å². The lowest BCUT2D eigenvalue weighted by atomic mass is 10.1. The van der Waals surface area contributed by atoms with Crippen molar-refractivity contribution in [3.63, 3.8) is 0 Å². The Kier molecular flexibility index (Phi) is 12.7. The molecule has 1 N–H and O–H groups in total. The number of phosphoric acid groups is 2. The first kappa shape index (κ1) is 37.7. The smallest absolute Gasteiger partial charge is 0.351 e. The van der Waals surface area contributed by atoms with E-state index in [-0.39, 0.29) is 16.9 Å². The average molecular weight is 742 g/mol. The van der Waals surface area contributed by atoms with Crippen LogP contribution in [0.1, 0.15) is 45.9 Å². The van der Waals surface area contributed by atoms with Crippen LogP contribution in [0.15, 0.2) is 108 Å². The molecule has 1 fully saturated rings. The van der Waals surface area contributed by atoms with Crippen molar-refractivity contribution in [3.05, 3.63) is 130 Å². The molecule has 6 atom stereocenters. The molecule has 3 unspecified atom stereocenters. The molecule has 3 aromatic carbocycles. The van der Waals surface area contributed by atoms with E-state index in [2.05, 4.69) is 19.1 Å². The average Bonchev–Trinajstić information content (AvgIpc) is 3.45. The van der Waals surface area contributed by atoms with E-state index in [1.54, 1.807) is 66.7 Å². The molecule has 270 valence electrons. The predicted octanol–water partition coefficient (Wildman–Crippen LogP) is 3.60. The molecule has 0 amide bonds. The molecule has 0 aliphatic carbocycles. The van der Waals surface area contributed by atoms with Crippen LogP contribution in [-0.4, -0.2) is 53.0 Å². The Morgan fingerprint density at radius 2 is 1.37 bits per heavy atom. The highest BCUT2D eigenvalue weighted by molar-refractivity contribution is 7.59. The molecular formula is C33H33N3O13P2-2. The van der Waals surface area contributed by atoms with E-state index in [1.165, 1.54) is 36.5 Å².